The third-order valence-corrected chi connectivity index (χ3v) is 4.35. The molecular formula is C13H16ClNO2S. The van der Waals surface area contributed by atoms with Crippen molar-refractivity contribution in [2.75, 3.05) is 6.61 Å². The zero-order valence-corrected chi connectivity index (χ0v) is 12.0. The molecular weight excluding hydrogens is 270 g/mol. The first-order valence-electron chi connectivity index (χ1n) is 5.71. The van der Waals surface area contributed by atoms with Crippen molar-refractivity contribution in [3.8, 4) is 5.75 Å². The van der Waals surface area contributed by atoms with Crippen molar-refractivity contribution in [3.05, 3.63) is 34.9 Å². The van der Waals surface area contributed by atoms with Crippen molar-refractivity contribution >= 4 is 28.2 Å². The Kier molecular flexibility index (Phi) is 3.80. The Hall–Kier alpha value is -0.840. The monoisotopic (exact) mass is 285 g/mol. The maximum atomic E-state index is 11.5. The van der Waals surface area contributed by atoms with E-state index in [4.69, 9.17) is 21.5 Å². The molecule has 2 N–H and O–H groups in total. The fourth-order valence-corrected chi connectivity index (χ4v) is 2.34. The van der Waals surface area contributed by atoms with Crippen LogP contribution in [0.25, 0.3) is 5.57 Å². The average Bonchev–Trinajstić information content (AvgIpc) is 2.29. The lowest BCUT2D eigenvalue weighted by molar-refractivity contribution is 0.316. The second-order valence-electron chi connectivity index (χ2n) is 4.81. The number of ether oxygens (including phenoxy) is 1. The first-order valence-corrected chi connectivity index (χ1v) is 7.30. The second-order valence-corrected chi connectivity index (χ2v) is 6.89. The van der Waals surface area contributed by atoms with E-state index in [-0.39, 0.29) is 0 Å². The van der Waals surface area contributed by atoms with Crippen LogP contribution in [0, 0.1) is 0 Å². The van der Waals surface area contributed by atoms with E-state index >= 15 is 0 Å². The molecule has 1 heterocycles. The fourth-order valence-electron chi connectivity index (χ4n) is 1.91. The number of rotatable bonds is 2. The maximum absolute atomic E-state index is 11.5. The van der Waals surface area contributed by atoms with Gasteiger partial charge in [0.2, 0.25) is 0 Å². The molecule has 1 aliphatic heterocycles. The predicted octanol–water partition coefficient (Wildman–Crippen LogP) is 2.91. The Morgan fingerprint density at radius 2 is 2.22 bits per heavy atom. The summed E-state index contributed by atoms with van der Waals surface area (Å²) in [4.78, 5) is 0. The molecule has 1 unspecified atom stereocenters. The van der Waals surface area contributed by atoms with Crippen molar-refractivity contribution in [1.82, 2.24) is 0 Å². The number of hydrogen-bond donors (Lipinski definition) is 1. The molecule has 0 saturated heterocycles. The summed E-state index contributed by atoms with van der Waals surface area (Å²) in [6, 6.07) is 5.53. The molecule has 1 aromatic carbocycles. The normalized spacial score (nSPS) is 19.2. The van der Waals surface area contributed by atoms with E-state index in [0.29, 0.717) is 11.6 Å². The first kappa shape index (κ1) is 13.6. The Bertz CT molecular complexity index is 526. The van der Waals surface area contributed by atoms with Crippen molar-refractivity contribution < 1.29 is 8.95 Å². The summed E-state index contributed by atoms with van der Waals surface area (Å²) in [6.45, 7) is 4.33. The Labute approximate surface area is 115 Å². The molecule has 18 heavy (non-hydrogen) atoms. The fraction of sp³-hybridized carbons (Fsp3) is 0.385. The summed E-state index contributed by atoms with van der Waals surface area (Å²) in [6.07, 6.45) is 2.73. The molecule has 0 aromatic heterocycles. The van der Waals surface area contributed by atoms with Crippen LogP contribution < -0.4 is 9.88 Å². The highest BCUT2D eigenvalue weighted by atomic mass is 35.5. The molecule has 0 spiro atoms. The lowest BCUT2D eigenvalue weighted by atomic mass is 9.96. The summed E-state index contributed by atoms with van der Waals surface area (Å²) in [5.41, 5.74) is 2.05. The third-order valence-electron chi connectivity index (χ3n) is 2.96. The Morgan fingerprint density at radius 1 is 1.50 bits per heavy atom. The van der Waals surface area contributed by atoms with Crippen LogP contribution in [-0.4, -0.2) is 15.6 Å². The van der Waals surface area contributed by atoms with Gasteiger partial charge >= 0.3 is 0 Å². The topological polar surface area (TPSA) is 52.3 Å². The van der Waals surface area contributed by atoms with Crippen molar-refractivity contribution in [2.24, 2.45) is 5.14 Å². The van der Waals surface area contributed by atoms with E-state index in [2.05, 4.69) is 0 Å². The van der Waals surface area contributed by atoms with Crippen LogP contribution in [0.1, 0.15) is 25.8 Å². The van der Waals surface area contributed by atoms with Gasteiger partial charge in [-0.2, -0.15) is 0 Å². The minimum absolute atomic E-state index is 0.563. The molecule has 5 heteroatoms. The number of fused-ring (bicyclic) bond motifs is 1. The smallest absolute Gasteiger partial charge is 0.126 e. The summed E-state index contributed by atoms with van der Waals surface area (Å²) in [5, 5.41) is 6.17. The van der Waals surface area contributed by atoms with E-state index in [1.54, 1.807) is 6.07 Å². The Morgan fingerprint density at radius 3 is 2.89 bits per heavy atom. The zero-order chi connectivity index (χ0) is 13.3. The molecule has 0 amide bonds. The second kappa shape index (κ2) is 5.03. The van der Waals surface area contributed by atoms with Gasteiger partial charge in [0.05, 0.1) is 22.3 Å². The minimum atomic E-state index is -1.41. The van der Waals surface area contributed by atoms with Crippen molar-refractivity contribution in [3.63, 3.8) is 0 Å². The van der Waals surface area contributed by atoms with Gasteiger partial charge in [-0.1, -0.05) is 17.7 Å². The minimum Gasteiger partial charge on any atom is -0.493 e. The lowest BCUT2D eigenvalue weighted by Crippen LogP contribution is -2.30. The average molecular weight is 286 g/mol. The van der Waals surface area contributed by atoms with E-state index in [0.717, 1.165) is 23.3 Å². The largest absolute Gasteiger partial charge is 0.493 e. The molecule has 1 aliphatic rings. The zero-order valence-electron chi connectivity index (χ0n) is 10.4. The van der Waals surface area contributed by atoms with Gasteiger partial charge in [0.25, 0.3) is 0 Å². The van der Waals surface area contributed by atoms with Gasteiger partial charge in [-0.25, -0.2) is 4.21 Å². The van der Waals surface area contributed by atoms with E-state index in [1.165, 1.54) is 0 Å². The van der Waals surface area contributed by atoms with Crippen LogP contribution in [0.15, 0.2) is 24.3 Å². The van der Waals surface area contributed by atoms with Crippen LogP contribution >= 0.6 is 11.6 Å². The molecule has 0 fully saturated rings. The number of benzene rings is 1. The first-order chi connectivity index (χ1) is 8.40. The maximum Gasteiger partial charge on any atom is 0.126 e. The summed E-state index contributed by atoms with van der Waals surface area (Å²) in [7, 11) is -1.41. The quantitative estimate of drug-likeness (QED) is 0.908. The number of hydrogen-bond acceptors (Lipinski definition) is 2. The van der Waals surface area contributed by atoms with E-state index < -0.39 is 15.7 Å². The Balaban J connectivity index is 2.47. The van der Waals surface area contributed by atoms with Crippen LogP contribution in [-0.2, 0) is 11.0 Å². The molecule has 3 nitrogen and oxygen atoms in total. The molecule has 98 valence electrons. The lowest BCUT2D eigenvalue weighted by Gasteiger charge is -2.24. The van der Waals surface area contributed by atoms with Crippen LogP contribution in [0.5, 0.6) is 5.75 Å². The van der Waals surface area contributed by atoms with Gasteiger partial charge in [-0.05, 0) is 37.6 Å². The van der Waals surface area contributed by atoms with Crippen LogP contribution in [0.3, 0.4) is 0 Å². The van der Waals surface area contributed by atoms with Crippen LogP contribution in [0.2, 0.25) is 5.02 Å². The highest BCUT2D eigenvalue weighted by Gasteiger charge is 2.24. The number of nitrogens with two attached hydrogens (primary N) is 1. The van der Waals surface area contributed by atoms with Gasteiger partial charge in [0.1, 0.15) is 5.75 Å². The van der Waals surface area contributed by atoms with Gasteiger partial charge in [-0.15, -0.1) is 0 Å². The molecule has 2 rings (SSSR count). The molecule has 0 aliphatic carbocycles. The van der Waals surface area contributed by atoms with Gasteiger partial charge in [0.15, 0.2) is 0 Å². The summed E-state index contributed by atoms with van der Waals surface area (Å²) < 4.78 is 16.5. The third kappa shape index (κ3) is 2.76. The van der Waals surface area contributed by atoms with Gasteiger partial charge in [-0.3, -0.25) is 5.14 Å². The highest BCUT2D eigenvalue weighted by Crippen LogP contribution is 2.36. The summed E-state index contributed by atoms with van der Waals surface area (Å²) >= 11 is 6.01. The summed E-state index contributed by atoms with van der Waals surface area (Å²) in [5.74, 6) is 0.815. The molecule has 0 saturated carbocycles. The molecule has 1 aromatic rings. The SMILES string of the molecule is CC(C)(/C=C1\CCOc2ccc(Cl)cc21)S(N)=O. The molecule has 0 bridgehead atoms. The van der Waals surface area contributed by atoms with E-state index in [9.17, 15) is 4.21 Å². The molecule has 0 radical (unpaired) electrons. The van der Waals surface area contributed by atoms with E-state index in [1.807, 2.05) is 32.1 Å². The van der Waals surface area contributed by atoms with Gasteiger partial charge in [0, 0.05) is 17.0 Å². The highest BCUT2D eigenvalue weighted by molar-refractivity contribution is 7.84. The van der Waals surface area contributed by atoms with Crippen molar-refractivity contribution in [1.29, 1.82) is 0 Å². The van der Waals surface area contributed by atoms with Crippen molar-refractivity contribution in [2.45, 2.75) is 25.0 Å². The van der Waals surface area contributed by atoms with Crippen LogP contribution in [0.4, 0.5) is 0 Å². The van der Waals surface area contributed by atoms with Gasteiger partial charge < -0.3 is 4.74 Å². The molecule has 1 atom stereocenters. The number of halogens is 1. The predicted molar refractivity (Wildman–Crippen MR) is 75.9 cm³/mol. The standard InChI is InChI=1S/C13H16ClNO2S/c1-13(2,18(15)16)8-9-5-6-17-12-4-3-10(14)7-11(9)12/h3-4,7-8H,5-6,15H2,1-2H3/b9-8+.